The summed E-state index contributed by atoms with van der Waals surface area (Å²) >= 11 is 2.24. The lowest BCUT2D eigenvalue weighted by molar-refractivity contribution is 0.432. The van der Waals surface area contributed by atoms with Gasteiger partial charge < -0.3 is 10.5 Å². The minimum atomic E-state index is 0.601. The lowest BCUT2D eigenvalue weighted by Gasteiger charge is -2.06. The monoisotopic (exact) mass is 343 g/mol. The molecule has 5 heteroatoms. The fourth-order valence-electron chi connectivity index (χ4n) is 1.60. The van der Waals surface area contributed by atoms with Gasteiger partial charge in [-0.3, -0.25) is 0 Å². The topological polar surface area (TPSA) is 53.1 Å². The van der Waals surface area contributed by atoms with E-state index in [1.54, 1.807) is 4.68 Å². The van der Waals surface area contributed by atoms with Crippen LogP contribution in [-0.4, -0.2) is 9.78 Å². The van der Waals surface area contributed by atoms with Gasteiger partial charge in [-0.2, -0.15) is 5.10 Å². The average Bonchev–Trinajstić information content (AvgIpc) is 2.56. The van der Waals surface area contributed by atoms with Crippen molar-refractivity contribution in [1.29, 1.82) is 0 Å². The van der Waals surface area contributed by atoms with Crippen LogP contribution in [0.2, 0.25) is 0 Å². The van der Waals surface area contributed by atoms with E-state index in [-0.39, 0.29) is 0 Å². The molecular formula is C12H14IN3O. The molecule has 0 fully saturated rings. The molecular weight excluding hydrogens is 329 g/mol. The van der Waals surface area contributed by atoms with Gasteiger partial charge in [0, 0.05) is 10.6 Å². The van der Waals surface area contributed by atoms with Crippen molar-refractivity contribution in [2.45, 2.75) is 13.3 Å². The number of nitrogens with zero attached hydrogens (tertiary/aromatic N) is 2. The predicted molar refractivity (Wildman–Crippen MR) is 76.2 cm³/mol. The minimum Gasteiger partial charge on any atom is -0.437 e. The molecule has 1 aromatic heterocycles. The van der Waals surface area contributed by atoms with Crippen molar-refractivity contribution in [3.05, 3.63) is 33.5 Å². The Morgan fingerprint density at radius 1 is 1.47 bits per heavy atom. The molecule has 0 aliphatic carbocycles. The number of anilines is 1. The summed E-state index contributed by atoms with van der Waals surface area (Å²) in [6.07, 6.45) is 0.801. The maximum Gasteiger partial charge on any atom is 0.241 e. The Bertz CT molecular complexity index is 537. The normalized spacial score (nSPS) is 10.5. The number of rotatable bonds is 3. The number of hydrogen-bond donors (Lipinski definition) is 1. The molecule has 0 aliphatic rings. The summed E-state index contributed by atoms with van der Waals surface area (Å²) < 4.78 is 8.57. The van der Waals surface area contributed by atoms with Crippen LogP contribution < -0.4 is 10.5 Å². The molecule has 0 atom stereocenters. The van der Waals surface area contributed by atoms with Gasteiger partial charge >= 0.3 is 0 Å². The molecule has 1 aromatic carbocycles. The van der Waals surface area contributed by atoms with Crippen molar-refractivity contribution in [3.63, 3.8) is 0 Å². The summed E-state index contributed by atoms with van der Waals surface area (Å²) in [7, 11) is 1.83. The minimum absolute atomic E-state index is 0.601. The molecule has 0 amide bonds. The Morgan fingerprint density at radius 3 is 2.82 bits per heavy atom. The Hall–Kier alpha value is -1.24. The van der Waals surface area contributed by atoms with Gasteiger partial charge in [0.1, 0.15) is 11.4 Å². The Labute approximate surface area is 114 Å². The van der Waals surface area contributed by atoms with E-state index < -0.39 is 0 Å². The van der Waals surface area contributed by atoms with Crippen LogP contribution in [0.4, 0.5) is 5.69 Å². The first-order valence-electron chi connectivity index (χ1n) is 5.36. The Morgan fingerprint density at radius 2 is 2.24 bits per heavy atom. The maximum atomic E-state index is 5.99. The maximum absolute atomic E-state index is 5.99. The average molecular weight is 343 g/mol. The molecule has 4 nitrogen and oxygen atoms in total. The SMILES string of the molecule is CCc1nn(C)c(Oc2cccc(I)c2)c1N. The molecule has 90 valence electrons. The van der Waals surface area contributed by atoms with E-state index in [1.807, 2.05) is 38.2 Å². The van der Waals surface area contributed by atoms with Gasteiger partial charge in [0.25, 0.3) is 0 Å². The van der Waals surface area contributed by atoms with E-state index >= 15 is 0 Å². The molecule has 2 rings (SSSR count). The number of aryl methyl sites for hydroxylation is 2. The first-order valence-corrected chi connectivity index (χ1v) is 6.44. The smallest absolute Gasteiger partial charge is 0.241 e. The van der Waals surface area contributed by atoms with Crippen molar-refractivity contribution >= 4 is 28.3 Å². The van der Waals surface area contributed by atoms with E-state index in [1.165, 1.54) is 0 Å². The number of nitrogen functional groups attached to an aromatic ring is 1. The fourth-order valence-corrected chi connectivity index (χ4v) is 2.12. The number of ether oxygens (including phenoxy) is 1. The second kappa shape index (κ2) is 4.95. The van der Waals surface area contributed by atoms with Gasteiger partial charge in [-0.15, -0.1) is 0 Å². The van der Waals surface area contributed by atoms with Crippen LogP contribution in [0, 0.1) is 3.57 Å². The van der Waals surface area contributed by atoms with Gasteiger partial charge in [-0.1, -0.05) is 13.0 Å². The van der Waals surface area contributed by atoms with Crippen molar-refractivity contribution in [3.8, 4) is 11.6 Å². The zero-order valence-corrected chi connectivity index (χ0v) is 11.9. The van der Waals surface area contributed by atoms with E-state index in [0.29, 0.717) is 11.6 Å². The Kier molecular flexibility index (Phi) is 3.56. The van der Waals surface area contributed by atoms with Crippen molar-refractivity contribution in [2.75, 3.05) is 5.73 Å². The van der Waals surface area contributed by atoms with Gasteiger partial charge in [0.05, 0.1) is 5.69 Å². The third kappa shape index (κ3) is 2.54. The highest BCUT2D eigenvalue weighted by Crippen LogP contribution is 2.30. The number of hydrogen-bond acceptors (Lipinski definition) is 3. The van der Waals surface area contributed by atoms with E-state index in [0.717, 1.165) is 21.4 Å². The second-order valence-corrected chi connectivity index (χ2v) is 4.95. The molecule has 0 radical (unpaired) electrons. The van der Waals surface area contributed by atoms with Gasteiger partial charge in [0.2, 0.25) is 5.88 Å². The van der Waals surface area contributed by atoms with Crippen LogP contribution >= 0.6 is 22.6 Å². The molecule has 2 aromatic rings. The molecule has 2 N–H and O–H groups in total. The fraction of sp³-hybridized carbons (Fsp3) is 0.250. The summed E-state index contributed by atoms with van der Waals surface area (Å²) in [4.78, 5) is 0. The lowest BCUT2D eigenvalue weighted by atomic mass is 10.3. The third-order valence-corrected chi connectivity index (χ3v) is 3.12. The lowest BCUT2D eigenvalue weighted by Crippen LogP contribution is -1.97. The van der Waals surface area contributed by atoms with Crippen molar-refractivity contribution in [1.82, 2.24) is 9.78 Å². The zero-order chi connectivity index (χ0) is 12.4. The zero-order valence-electron chi connectivity index (χ0n) is 9.77. The van der Waals surface area contributed by atoms with Gasteiger partial charge in [0.15, 0.2) is 0 Å². The highest BCUT2D eigenvalue weighted by atomic mass is 127. The van der Waals surface area contributed by atoms with Crippen LogP contribution in [0.25, 0.3) is 0 Å². The number of halogens is 1. The number of nitrogens with two attached hydrogens (primary N) is 1. The number of benzene rings is 1. The third-order valence-electron chi connectivity index (χ3n) is 2.45. The molecule has 0 spiro atoms. The first kappa shape index (κ1) is 12.2. The van der Waals surface area contributed by atoms with Crippen LogP contribution in [0.5, 0.6) is 11.6 Å². The van der Waals surface area contributed by atoms with Crippen LogP contribution in [0.15, 0.2) is 24.3 Å². The van der Waals surface area contributed by atoms with Crippen LogP contribution in [0.3, 0.4) is 0 Å². The Balaban J connectivity index is 2.33. The molecule has 0 saturated carbocycles. The molecule has 0 aliphatic heterocycles. The van der Waals surface area contributed by atoms with Crippen molar-refractivity contribution < 1.29 is 4.74 Å². The highest BCUT2D eigenvalue weighted by Gasteiger charge is 2.13. The largest absolute Gasteiger partial charge is 0.437 e. The first-order chi connectivity index (χ1) is 8.11. The van der Waals surface area contributed by atoms with Crippen molar-refractivity contribution in [2.24, 2.45) is 7.05 Å². The van der Waals surface area contributed by atoms with E-state index in [2.05, 4.69) is 27.7 Å². The standard InChI is InChI=1S/C12H14IN3O/c1-3-10-11(14)12(16(2)15-10)17-9-6-4-5-8(13)7-9/h4-7H,3,14H2,1-2H3. The summed E-state index contributed by atoms with van der Waals surface area (Å²) in [5.74, 6) is 1.37. The quantitative estimate of drug-likeness (QED) is 0.872. The summed E-state index contributed by atoms with van der Waals surface area (Å²) in [5, 5.41) is 4.31. The summed E-state index contributed by atoms with van der Waals surface area (Å²) in [5.41, 5.74) is 7.48. The van der Waals surface area contributed by atoms with Gasteiger partial charge in [-0.05, 0) is 47.2 Å². The molecule has 0 unspecified atom stereocenters. The summed E-state index contributed by atoms with van der Waals surface area (Å²) in [6.45, 7) is 2.02. The second-order valence-electron chi connectivity index (χ2n) is 3.70. The van der Waals surface area contributed by atoms with Crippen LogP contribution in [-0.2, 0) is 13.5 Å². The van der Waals surface area contributed by atoms with Crippen LogP contribution in [0.1, 0.15) is 12.6 Å². The number of aromatic nitrogens is 2. The van der Waals surface area contributed by atoms with E-state index in [4.69, 9.17) is 10.5 Å². The molecule has 0 bridgehead atoms. The summed E-state index contributed by atoms with van der Waals surface area (Å²) in [6, 6.07) is 7.82. The van der Waals surface area contributed by atoms with Gasteiger partial charge in [-0.25, -0.2) is 4.68 Å². The molecule has 1 heterocycles. The van der Waals surface area contributed by atoms with E-state index in [9.17, 15) is 0 Å². The highest BCUT2D eigenvalue weighted by molar-refractivity contribution is 14.1. The molecule has 0 saturated heterocycles. The molecule has 17 heavy (non-hydrogen) atoms. The predicted octanol–water partition coefficient (Wildman–Crippen LogP) is 2.96.